The average molecular weight is 329 g/mol. The lowest BCUT2D eigenvalue weighted by molar-refractivity contribution is 0.342. The first-order valence-corrected chi connectivity index (χ1v) is 9.19. The summed E-state index contributed by atoms with van der Waals surface area (Å²) < 4.78 is 0. The number of nitrogens with zero attached hydrogens (tertiary/aromatic N) is 4. The highest BCUT2D eigenvalue weighted by atomic mass is 32.1. The van der Waals surface area contributed by atoms with Gasteiger partial charge in [-0.2, -0.15) is 0 Å². The van der Waals surface area contributed by atoms with Gasteiger partial charge in [0.2, 0.25) is 0 Å². The summed E-state index contributed by atoms with van der Waals surface area (Å²) in [6.45, 7) is 5.88. The van der Waals surface area contributed by atoms with Crippen LogP contribution in [0.1, 0.15) is 12.1 Å². The molecule has 0 spiro atoms. The summed E-state index contributed by atoms with van der Waals surface area (Å²) in [6.07, 6.45) is 1.22. The van der Waals surface area contributed by atoms with Gasteiger partial charge in [0.1, 0.15) is 0 Å². The molecule has 1 aromatic heterocycles. The summed E-state index contributed by atoms with van der Waals surface area (Å²) in [7, 11) is 0. The Morgan fingerprint density at radius 3 is 2.91 bits per heavy atom. The van der Waals surface area contributed by atoms with Crippen molar-refractivity contribution in [2.75, 3.05) is 42.6 Å². The molecule has 2 aromatic rings. The second-order valence-corrected chi connectivity index (χ2v) is 7.03. The fourth-order valence-corrected chi connectivity index (χ4v) is 4.27. The van der Waals surface area contributed by atoms with Gasteiger partial charge in [0.25, 0.3) is 0 Å². The molecule has 23 heavy (non-hydrogen) atoms. The standard InChI is InChI=1S/C17H23N5S/c18-6-8-20-7-5-15(10-20)22-13-21(9-14-11-23-12-19-14)16-3-1-2-4-17(16)22/h1-4,11-12,15H,5-10,13,18H2. The molecule has 122 valence electrons. The third-order valence-electron chi connectivity index (χ3n) is 4.82. The lowest BCUT2D eigenvalue weighted by Gasteiger charge is -2.27. The molecule has 5 nitrogen and oxygen atoms in total. The molecule has 1 saturated heterocycles. The molecule has 2 N–H and O–H groups in total. The number of benzene rings is 1. The van der Waals surface area contributed by atoms with E-state index in [1.54, 1.807) is 11.3 Å². The molecular weight excluding hydrogens is 306 g/mol. The van der Waals surface area contributed by atoms with Gasteiger partial charge in [-0.15, -0.1) is 11.3 Å². The Bertz CT molecular complexity index is 644. The van der Waals surface area contributed by atoms with Gasteiger partial charge in [-0.1, -0.05) is 12.1 Å². The maximum atomic E-state index is 5.71. The highest BCUT2D eigenvalue weighted by Gasteiger charge is 2.34. The van der Waals surface area contributed by atoms with Crippen LogP contribution in [0.3, 0.4) is 0 Å². The largest absolute Gasteiger partial charge is 0.348 e. The van der Waals surface area contributed by atoms with Crippen LogP contribution in [0.2, 0.25) is 0 Å². The van der Waals surface area contributed by atoms with Crippen LogP contribution >= 0.6 is 11.3 Å². The van der Waals surface area contributed by atoms with E-state index in [2.05, 4.69) is 49.3 Å². The van der Waals surface area contributed by atoms with Gasteiger partial charge >= 0.3 is 0 Å². The number of thiazole rings is 1. The number of likely N-dealkylation sites (tertiary alicyclic amines) is 1. The number of anilines is 2. The molecule has 2 aliphatic rings. The average Bonchev–Trinajstić information content (AvgIpc) is 3.29. The Labute approximate surface area is 141 Å². The van der Waals surface area contributed by atoms with E-state index in [-0.39, 0.29) is 0 Å². The number of hydrogen-bond acceptors (Lipinski definition) is 6. The number of hydrogen-bond donors (Lipinski definition) is 1. The van der Waals surface area contributed by atoms with Crippen molar-refractivity contribution in [2.24, 2.45) is 5.73 Å². The lowest BCUT2D eigenvalue weighted by Crippen LogP contribution is -2.40. The Morgan fingerprint density at radius 1 is 1.26 bits per heavy atom. The molecule has 0 radical (unpaired) electrons. The third-order valence-corrected chi connectivity index (χ3v) is 5.46. The first-order valence-electron chi connectivity index (χ1n) is 8.25. The minimum Gasteiger partial charge on any atom is -0.348 e. The lowest BCUT2D eigenvalue weighted by atomic mass is 10.2. The predicted octanol–water partition coefficient (Wildman–Crippen LogP) is 1.96. The van der Waals surface area contributed by atoms with Crippen LogP contribution in [-0.2, 0) is 6.54 Å². The summed E-state index contributed by atoms with van der Waals surface area (Å²) in [5.74, 6) is 0. The minimum atomic E-state index is 0.586. The molecule has 1 unspecified atom stereocenters. The number of rotatable bonds is 5. The van der Waals surface area contributed by atoms with Gasteiger partial charge in [0.05, 0.1) is 35.8 Å². The molecule has 0 aliphatic carbocycles. The highest BCUT2D eigenvalue weighted by molar-refractivity contribution is 7.07. The van der Waals surface area contributed by atoms with Crippen molar-refractivity contribution < 1.29 is 0 Å². The maximum absolute atomic E-state index is 5.71. The minimum absolute atomic E-state index is 0.586. The molecule has 3 heterocycles. The first-order chi connectivity index (χ1) is 11.3. The Hall–Kier alpha value is -1.63. The molecule has 1 atom stereocenters. The highest BCUT2D eigenvalue weighted by Crippen LogP contribution is 2.39. The van der Waals surface area contributed by atoms with E-state index in [0.717, 1.165) is 45.1 Å². The molecule has 0 saturated carbocycles. The maximum Gasteiger partial charge on any atom is 0.0911 e. The summed E-state index contributed by atoms with van der Waals surface area (Å²) in [5.41, 5.74) is 11.5. The van der Waals surface area contributed by atoms with E-state index in [9.17, 15) is 0 Å². The van der Waals surface area contributed by atoms with E-state index < -0.39 is 0 Å². The quantitative estimate of drug-likeness (QED) is 0.909. The van der Waals surface area contributed by atoms with Crippen molar-refractivity contribution >= 4 is 22.7 Å². The molecule has 1 aromatic carbocycles. The molecule has 2 aliphatic heterocycles. The predicted molar refractivity (Wildman–Crippen MR) is 96.0 cm³/mol. The summed E-state index contributed by atoms with van der Waals surface area (Å²) in [5, 5.41) is 2.14. The van der Waals surface area contributed by atoms with Crippen molar-refractivity contribution in [1.29, 1.82) is 0 Å². The zero-order valence-electron chi connectivity index (χ0n) is 13.3. The number of nitrogens with two attached hydrogens (primary N) is 1. The van der Waals surface area contributed by atoms with Crippen molar-refractivity contribution in [3.8, 4) is 0 Å². The zero-order chi connectivity index (χ0) is 15.6. The van der Waals surface area contributed by atoms with E-state index in [0.29, 0.717) is 6.04 Å². The smallest absolute Gasteiger partial charge is 0.0911 e. The molecular formula is C17H23N5S. The van der Waals surface area contributed by atoms with Crippen LogP contribution in [-0.4, -0.2) is 48.8 Å². The molecule has 1 fully saturated rings. The van der Waals surface area contributed by atoms with Gasteiger partial charge in [0, 0.05) is 37.6 Å². The van der Waals surface area contributed by atoms with Crippen LogP contribution in [0, 0.1) is 0 Å². The van der Waals surface area contributed by atoms with Crippen molar-refractivity contribution in [1.82, 2.24) is 9.88 Å². The SMILES string of the molecule is NCCN1CCC(N2CN(Cc3cscn3)c3ccccc32)C1. The van der Waals surface area contributed by atoms with Gasteiger partial charge in [-0.25, -0.2) is 4.98 Å². The molecule has 6 heteroatoms. The number of fused-ring (bicyclic) bond motifs is 1. The Balaban J connectivity index is 1.53. The summed E-state index contributed by atoms with van der Waals surface area (Å²) in [4.78, 5) is 11.9. The van der Waals surface area contributed by atoms with E-state index in [1.165, 1.54) is 17.8 Å². The van der Waals surface area contributed by atoms with Crippen LogP contribution in [0.4, 0.5) is 11.4 Å². The Morgan fingerprint density at radius 2 is 2.13 bits per heavy atom. The summed E-state index contributed by atoms with van der Waals surface area (Å²) in [6, 6.07) is 9.34. The van der Waals surface area contributed by atoms with Gasteiger partial charge in [-0.3, -0.25) is 4.90 Å². The van der Waals surface area contributed by atoms with Gasteiger partial charge < -0.3 is 15.5 Å². The summed E-state index contributed by atoms with van der Waals surface area (Å²) >= 11 is 1.67. The monoisotopic (exact) mass is 329 g/mol. The van der Waals surface area contributed by atoms with E-state index >= 15 is 0 Å². The Kier molecular flexibility index (Phi) is 4.20. The normalized spacial score (nSPS) is 21.2. The van der Waals surface area contributed by atoms with E-state index in [4.69, 9.17) is 5.73 Å². The van der Waals surface area contributed by atoms with Crippen LogP contribution < -0.4 is 15.5 Å². The zero-order valence-corrected chi connectivity index (χ0v) is 14.1. The molecule has 4 rings (SSSR count). The third kappa shape index (κ3) is 2.94. The first kappa shape index (κ1) is 14.9. The topological polar surface area (TPSA) is 48.6 Å². The molecule has 0 amide bonds. The van der Waals surface area contributed by atoms with Crippen molar-refractivity contribution in [3.63, 3.8) is 0 Å². The fraction of sp³-hybridized carbons (Fsp3) is 0.471. The van der Waals surface area contributed by atoms with Gasteiger partial charge in [-0.05, 0) is 18.6 Å². The number of para-hydroxylation sites is 2. The second-order valence-electron chi connectivity index (χ2n) is 6.31. The van der Waals surface area contributed by atoms with Crippen molar-refractivity contribution in [2.45, 2.75) is 19.0 Å². The van der Waals surface area contributed by atoms with Crippen LogP contribution in [0.25, 0.3) is 0 Å². The van der Waals surface area contributed by atoms with Crippen LogP contribution in [0.5, 0.6) is 0 Å². The van der Waals surface area contributed by atoms with Crippen LogP contribution in [0.15, 0.2) is 35.2 Å². The van der Waals surface area contributed by atoms with Gasteiger partial charge in [0.15, 0.2) is 0 Å². The second kappa shape index (κ2) is 6.47. The molecule has 0 bridgehead atoms. The van der Waals surface area contributed by atoms with Crippen molar-refractivity contribution in [3.05, 3.63) is 40.8 Å². The fourth-order valence-electron chi connectivity index (χ4n) is 3.72. The number of aromatic nitrogens is 1. The van der Waals surface area contributed by atoms with E-state index in [1.807, 2.05) is 5.51 Å².